The first kappa shape index (κ1) is 7.31. The standard InChI is InChI=1S/C7H4Br2N2/c8-5-1-2-7(9)11-4-10-3-6(5)11/h1-4H. The van der Waals surface area contributed by atoms with Gasteiger partial charge in [-0.05, 0) is 44.0 Å². The maximum Gasteiger partial charge on any atom is 0.100 e. The van der Waals surface area contributed by atoms with Crippen molar-refractivity contribution in [2.75, 3.05) is 0 Å². The normalized spacial score (nSPS) is 10.7. The second-order valence-electron chi connectivity index (χ2n) is 2.15. The maximum atomic E-state index is 4.03. The summed E-state index contributed by atoms with van der Waals surface area (Å²) >= 11 is 6.84. The Kier molecular flexibility index (Phi) is 1.73. The fourth-order valence-electron chi connectivity index (χ4n) is 0.950. The van der Waals surface area contributed by atoms with Crippen LogP contribution in [0, 0.1) is 0 Å². The summed E-state index contributed by atoms with van der Waals surface area (Å²) in [5.41, 5.74) is 1.07. The van der Waals surface area contributed by atoms with Gasteiger partial charge in [-0.25, -0.2) is 4.98 Å². The topological polar surface area (TPSA) is 17.3 Å². The molecule has 0 aliphatic rings. The summed E-state index contributed by atoms with van der Waals surface area (Å²) in [4.78, 5) is 4.03. The molecule has 2 rings (SSSR count). The highest BCUT2D eigenvalue weighted by Crippen LogP contribution is 2.21. The first-order valence-electron chi connectivity index (χ1n) is 3.05. The highest BCUT2D eigenvalue weighted by Gasteiger charge is 2.00. The van der Waals surface area contributed by atoms with Crippen molar-refractivity contribution in [3.63, 3.8) is 0 Å². The lowest BCUT2D eigenvalue weighted by Gasteiger charge is -1.98. The van der Waals surface area contributed by atoms with Crippen molar-refractivity contribution in [2.24, 2.45) is 0 Å². The van der Waals surface area contributed by atoms with Gasteiger partial charge in [0.25, 0.3) is 0 Å². The van der Waals surface area contributed by atoms with Gasteiger partial charge in [0.1, 0.15) is 6.33 Å². The number of fused-ring (bicyclic) bond motifs is 1. The maximum absolute atomic E-state index is 4.03. The van der Waals surface area contributed by atoms with Crippen LogP contribution >= 0.6 is 31.9 Å². The van der Waals surface area contributed by atoms with E-state index in [1.165, 1.54) is 0 Å². The molecule has 2 nitrogen and oxygen atoms in total. The smallest absolute Gasteiger partial charge is 0.100 e. The summed E-state index contributed by atoms with van der Waals surface area (Å²) in [6.07, 6.45) is 3.58. The number of halogens is 2. The van der Waals surface area contributed by atoms with Crippen molar-refractivity contribution < 1.29 is 0 Å². The Morgan fingerprint density at radius 1 is 1.27 bits per heavy atom. The van der Waals surface area contributed by atoms with Crippen molar-refractivity contribution in [2.45, 2.75) is 0 Å². The molecule has 0 aliphatic heterocycles. The van der Waals surface area contributed by atoms with E-state index in [-0.39, 0.29) is 0 Å². The molecule has 0 radical (unpaired) electrons. The molecular weight excluding hydrogens is 272 g/mol. The van der Waals surface area contributed by atoms with Gasteiger partial charge in [-0.3, -0.25) is 4.40 Å². The predicted molar refractivity (Wildman–Crippen MR) is 50.6 cm³/mol. The fraction of sp³-hybridized carbons (Fsp3) is 0. The predicted octanol–water partition coefficient (Wildman–Crippen LogP) is 2.86. The number of nitrogens with zero attached hydrogens (tertiary/aromatic N) is 2. The monoisotopic (exact) mass is 274 g/mol. The molecule has 0 bridgehead atoms. The Bertz CT molecular complexity index is 358. The Morgan fingerprint density at radius 2 is 2.09 bits per heavy atom. The second kappa shape index (κ2) is 2.60. The van der Waals surface area contributed by atoms with E-state index in [0.29, 0.717) is 0 Å². The fourth-order valence-corrected chi connectivity index (χ4v) is 1.79. The lowest BCUT2D eigenvalue weighted by molar-refractivity contribution is 1.11. The van der Waals surface area contributed by atoms with Crippen LogP contribution in [0.5, 0.6) is 0 Å². The van der Waals surface area contributed by atoms with E-state index in [0.717, 1.165) is 14.6 Å². The highest BCUT2D eigenvalue weighted by atomic mass is 79.9. The number of imidazole rings is 1. The van der Waals surface area contributed by atoms with Gasteiger partial charge in [0.05, 0.1) is 16.3 Å². The zero-order valence-electron chi connectivity index (χ0n) is 5.46. The van der Waals surface area contributed by atoms with Gasteiger partial charge in [-0.2, -0.15) is 0 Å². The molecule has 4 heteroatoms. The van der Waals surface area contributed by atoms with E-state index in [2.05, 4.69) is 36.8 Å². The van der Waals surface area contributed by atoms with Crippen LogP contribution in [0.2, 0.25) is 0 Å². The average molecular weight is 276 g/mol. The van der Waals surface area contributed by atoms with Crippen LogP contribution < -0.4 is 0 Å². The quantitative estimate of drug-likeness (QED) is 0.676. The Hall–Kier alpha value is -0.350. The molecule has 0 saturated heterocycles. The van der Waals surface area contributed by atoms with Crippen molar-refractivity contribution in [3.05, 3.63) is 33.7 Å². The van der Waals surface area contributed by atoms with Crippen molar-refractivity contribution in [1.29, 1.82) is 0 Å². The first-order chi connectivity index (χ1) is 5.29. The van der Waals surface area contributed by atoms with E-state index in [4.69, 9.17) is 0 Å². The number of hydrogen-bond acceptors (Lipinski definition) is 1. The van der Waals surface area contributed by atoms with Gasteiger partial charge < -0.3 is 0 Å². The average Bonchev–Trinajstić information content (AvgIpc) is 2.45. The van der Waals surface area contributed by atoms with Crippen LogP contribution in [0.15, 0.2) is 33.7 Å². The van der Waals surface area contributed by atoms with Crippen LogP contribution in [-0.4, -0.2) is 9.38 Å². The number of rotatable bonds is 0. The van der Waals surface area contributed by atoms with Crippen LogP contribution in [0.1, 0.15) is 0 Å². The van der Waals surface area contributed by atoms with E-state index < -0.39 is 0 Å². The van der Waals surface area contributed by atoms with Gasteiger partial charge >= 0.3 is 0 Å². The third-order valence-electron chi connectivity index (χ3n) is 1.48. The minimum absolute atomic E-state index is 1.01. The molecular formula is C7H4Br2N2. The van der Waals surface area contributed by atoms with Crippen LogP contribution in [0.25, 0.3) is 5.52 Å². The molecule has 56 valence electrons. The molecule has 2 aromatic rings. The van der Waals surface area contributed by atoms with Crippen LogP contribution in [-0.2, 0) is 0 Å². The first-order valence-corrected chi connectivity index (χ1v) is 4.64. The Balaban J connectivity index is 2.96. The molecule has 11 heavy (non-hydrogen) atoms. The van der Waals surface area contributed by atoms with Crippen molar-refractivity contribution in [1.82, 2.24) is 9.38 Å². The number of hydrogen-bond donors (Lipinski definition) is 0. The molecule has 2 aromatic heterocycles. The summed E-state index contributed by atoms with van der Waals surface area (Å²) in [6.45, 7) is 0. The summed E-state index contributed by atoms with van der Waals surface area (Å²) in [7, 11) is 0. The van der Waals surface area contributed by atoms with Gasteiger partial charge in [0.2, 0.25) is 0 Å². The van der Waals surface area contributed by atoms with E-state index in [1.54, 1.807) is 6.33 Å². The summed E-state index contributed by atoms with van der Waals surface area (Å²) in [5, 5.41) is 0. The molecule has 0 saturated carbocycles. The molecule has 0 atom stereocenters. The van der Waals surface area contributed by atoms with Gasteiger partial charge in [0.15, 0.2) is 0 Å². The molecule has 0 unspecified atom stereocenters. The van der Waals surface area contributed by atoms with E-state index in [9.17, 15) is 0 Å². The molecule has 2 heterocycles. The number of pyridine rings is 1. The van der Waals surface area contributed by atoms with Crippen molar-refractivity contribution >= 4 is 37.4 Å². The molecule has 0 aromatic carbocycles. The molecule has 0 amide bonds. The highest BCUT2D eigenvalue weighted by molar-refractivity contribution is 9.11. The van der Waals surface area contributed by atoms with Gasteiger partial charge in [0, 0.05) is 4.47 Å². The molecule has 0 aliphatic carbocycles. The molecule has 0 N–H and O–H groups in total. The minimum atomic E-state index is 1.01. The van der Waals surface area contributed by atoms with E-state index >= 15 is 0 Å². The van der Waals surface area contributed by atoms with Crippen LogP contribution in [0.4, 0.5) is 0 Å². The van der Waals surface area contributed by atoms with Gasteiger partial charge in [-0.1, -0.05) is 0 Å². The minimum Gasteiger partial charge on any atom is -0.292 e. The zero-order valence-corrected chi connectivity index (χ0v) is 8.63. The Morgan fingerprint density at radius 3 is 2.82 bits per heavy atom. The largest absolute Gasteiger partial charge is 0.292 e. The van der Waals surface area contributed by atoms with Gasteiger partial charge in [-0.15, -0.1) is 0 Å². The summed E-state index contributed by atoms with van der Waals surface area (Å²) < 4.78 is 4.02. The molecule has 0 fully saturated rings. The lowest BCUT2D eigenvalue weighted by Crippen LogP contribution is -1.83. The third kappa shape index (κ3) is 1.10. The molecule has 0 spiro atoms. The zero-order chi connectivity index (χ0) is 7.84. The Labute approximate surface area is 80.5 Å². The lowest BCUT2D eigenvalue weighted by atomic mass is 10.4. The SMILES string of the molecule is Brc1ccc(Br)n2cncc12. The number of aromatic nitrogens is 2. The third-order valence-corrected chi connectivity index (χ3v) is 2.80. The summed E-state index contributed by atoms with van der Waals surface area (Å²) in [5.74, 6) is 0. The van der Waals surface area contributed by atoms with E-state index in [1.807, 2.05) is 22.7 Å². The van der Waals surface area contributed by atoms with Crippen LogP contribution in [0.3, 0.4) is 0 Å². The summed E-state index contributed by atoms with van der Waals surface area (Å²) in [6, 6.07) is 3.96. The second-order valence-corrected chi connectivity index (χ2v) is 3.82. The van der Waals surface area contributed by atoms with Crippen molar-refractivity contribution in [3.8, 4) is 0 Å².